The van der Waals surface area contributed by atoms with Gasteiger partial charge >= 0.3 is 0 Å². The monoisotopic (exact) mass is 392 g/mol. The van der Waals surface area contributed by atoms with E-state index in [0.29, 0.717) is 5.56 Å². The second kappa shape index (κ2) is 8.35. The van der Waals surface area contributed by atoms with Crippen LogP contribution in [-0.4, -0.2) is 17.6 Å². The summed E-state index contributed by atoms with van der Waals surface area (Å²) in [5.41, 5.74) is 4.60. The van der Waals surface area contributed by atoms with E-state index in [1.165, 1.54) is 18.2 Å². The zero-order chi connectivity index (χ0) is 17.5. The summed E-state index contributed by atoms with van der Waals surface area (Å²) in [5, 5.41) is 0. The molecule has 124 valence electrons. The highest BCUT2D eigenvalue weighted by atomic mass is 79.9. The third-order valence-corrected chi connectivity index (χ3v) is 3.71. The highest BCUT2D eigenvalue weighted by Gasteiger charge is 2.13. The van der Waals surface area contributed by atoms with Crippen LogP contribution < -0.4 is 10.9 Å². The fourth-order valence-corrected chi connectivity index (χ4v) is 2.17. The molecular weight excluding hydrogens is 379 g/mol. The molecule has 0 bridgehead atoms. The van der Waals surface area contributed by atoms with Crippen molar-refractivity contribution in [2.45, 2.75) is 12.8 Å². The van der Waals surface area contributed by atoms with Crippen molar-refractivity contribution in [3.05, 3.63) is 69.9 Å². The van der Waals surface area contributed by atoms with Gasteiger partial charge in [-0.25, -0.2) is 4.39 Å². The van der Waals surface area contributed by atoms with E-state index in [4.69, 9.17) is 0 Å². The van der Waals surface area contributed by atoms with Crippen molar-refractivity contribution in [3.8, 4) is 0 Å². The highest BCUT2D eigenvalue weighted by molar-refractivity contribution is 9.10. The lowest BCUT2D eigenvalue weighted by atomic mass is 10.1. The van der Waals surface area contributed by atoms with Crippen molar-refractivity contribution in [2.75, 3.05) is 0 Å². The smallest absolute Gasteiger partial charge is 0.272 e. The van der Waals surface area contributed by atoms with Gasteiger partial charge < -0.3 is 0 Å². The largest absolute Gasteiger partial charge is 0.294 e. The quantitative estimate of drug-likeness (QED) is 0.606. The molecule has 2 N–H and O–H groups in total. The third kappa shape index (κ3) is 4.99. The van der Waals surface area contributed by atoms with Gasteiger partial charge in [-0.05, 0) is 24.3 Å². The third-order valence-electron chi connectivity index (χ3n) is 3.18. The van der Waals surface area contributed by atoms with Gasteiger partial charge in [0.2, 0.25) is 5.91 Å². The molecule has 0 aliphatic heterocycles. The van der Waals surface area contributed by atoms with Crippen molar-refractivity contribution in [3.63, 3.8) is 0 Å². The summed E-state index contributed by atoms with van der Waals surface area (Å²) < 4.78 is 14.3. The Hall–Kier alpha value is -2.54. The van der Waals surface area contributed by atoms with Crippen molar-refractivity contribution in [1.29, 1.82) is 0 Å². The maximum atomic E-state index is 13.4. The number of hydrogen-bond acceptors (Lipinski definition) is 3. The zero-order valence-electron chi connectivity index (χ0n) is 12.5. The average molecular weight is 393 g/mol. The molecule has 0 heterocycles. The van der Waals surface area contributed by atoms with Gasteiger partial charge in [0.15, 0.2) is 5.78 Å². The van der Waals surface area contributed by atoms with Crippen LogP contribution in [0.25, 0.3) is 0 Å². The van der Waals surface area contributed by atoms with Crippen LogP contribution in [0.2, 0.25) is 0 Å². The van der Waals surface area contributed by atoms with Crippen LogP contribution >= 0.6 is 15.9 Å². The van der Waals surface area contributed by atoms with Crippen molar-refractivity contribution < 1.29 is 18.8 Å². The van der Waals surface area contributed by atoms with Gasteiger partial charge in [0.25, 0.3) is 5.91 Å². The number of carbonyl (C=O) groups is 3. The van der Waals surface area contributed by atoms with Gasteiger partial charge in [-0.15, -0.1) is 0 Å². The number of halogens is 2. The number of nitrogens with one attached hydrogen (secondary N) is 2. The maximum absolute atomic E-state index is 13.4. The Kier molecular flexibility index (Phi) is 6.20. The fraction of sp³-hybridized carbons (Fsp3) is 0.118. The van der Waals surface area contributed by atoms with Crippen LogP contribution in [0.3, 0.4) is 0 Å². The molecule has 7 heteroatoms. The van der Waals surface area contributed by atoms with Gasteiger partial charge in [-0.2, -0.15) is 0 Å². The molecule has 0 aromatic heterocycles. The zero-order valence-corrected chi connectivity index (χ0v) is 14.1. The molecule has 0 aliphatic rings. The summed E-state index contributed by atoms with van der Waals surface area (Å²) in [6.45, 7) is 0. The lowest BCUT2D eigenvalue weighted by molar-refractivity contribution is -0.121. The average Bonchev–Trinajstić information content (AvgIpc) is 2.58. The van der Waals surface area contributed by atoms with Crippen LogP contribution in [-0.2, 0) is 4.79 Å². The Morgan fingerprint density at radius 2 is 1.58 bits per heavy atom. The summed E-state index contributed by atoms with van der Waals surface area (Å²) in [5.74, 6) is -2.17. The minimum atomic E-state index is -0.763. The van der Waals surface area contributed by atoms with E-state index in [9.17, 15) is 18.8 Å². The lowest BCUT2D eigenvalue weighted by Crippen LogP contribution is -2.42. The van der Waals surface area contributed by atoms with Crippen molar-refractivity contribution in [2.24, 2.45) is 0 Å². The molecule has 2 aromatic carbocycles. The number of carbonyl (C=O) groups excluding carboxylic acids is 3. The standard InChI is InChI=1S/C17H14BrFN2O3/c18-12-7-5-11(6-8-12)15(22)9-10-16(23)20-21-17(24)13-3-1-2-4-14(13)19/h1-8H,9-10H2,(H,20,23)(H,21,24). The molecule has 24 heavy (non-hydrogen) atoms. The number of Topliss-reactive ketones (excluding diaryl/α,β-unsaturated/α-hetero) is 1. The number of rotatable bonds is 5. The summed E-state index contributed by atoms with van der Waals surface area (Å²) in [7, 11) is 0. The normalized spacial score (nSPS) is 10.1. The van der Waals surface area contributed by atoms with E-state index in [-0.39, 0.29) is 24.2 Å². The van der Waals surface area contributed by atoms with E-state index < -0.39 is 17.6 Å². The van der Waals surface area contributed by atoms with Crippen LogP contribution in [0.5, 0.6) is 0 Å². The molecule has 0 unspecified atom stereocenters. The van der Waals surface area contributed by atoms with Crippen molar-refractivity contribution in [1.82, 2.24) is 10.9 Å². The summed E-state index contributed by atoms with van der Waals surface area (Å²) >= 11 is 3.27. The number of hydrazine groups is 1. The molecular formula is C17H14BrFN2O3. The maximum Gasteiger partial charge on any atom is 0.272 e. The minimum absolute atomic E-state index is 0.00301. The van der Waals surface area contributed by atoms with Gasteiger partial charge in [0.1, 0.15) is 5.82 Å². The van der Waals surface area contributed by atoms with Crippen LogP contribution in [0, 0.1) is 5.82 Å². The first-order chi connectivity index (χ1) is 11.5. The predicted octanol–water partition coefficient (Wildman–Crippen LogP) is 3.01. The molecule has 0 radical (unpaired) electrons. The molecule has 5 nitrogen and oxygen atoms in total. The minimum Gasteiger partial charge on any atom is -0.294 e. The van der Waals surface area contributed by atoms with Gasteiger partial charge in [-0.3, -0.25) is 25.2 Å². The first-order valence-electron chi connectivity index (χ1n) is 7.10. The van der Waals surface area contributed by atoms with Crippen LogP contribution in [0.4, 0.5) is 4.39 Å². The van der Waals surface area contributed by atoms with Gasteiger partial charge in [0, 0.05) is 22.9 Å². The number of benzene rings is 2. The Balaban J connectivity index is 1.79. The number of hydrogen-bond donors (Lipinski definition) is 2. The molecule has 0 aliphatic carbocycles. The summed E-state index contributed by atoms with van der Waals surface area (Å²) in [6, 6.07) is 12.2. The number of ketones is 1. The second-order valence-corrected chi connectivity index (χ2v) is 5.83. The van der Waals surface area contributed by atoms with E-state index in [1.807, 2.05) is 0 Å². The van der Waals surface area contributed by atoms with E-state index in [2.05, 4.69) is 26.8 Å². The summed E-state index contributed by atoms with van der Waals surface area (Å²) in [4.78, 5) is 35.3. The Bertz CT molecular complexity index is 763. The van der Waals surface area contributed by atoms with Crippen LogP contribution in [0.15, 0.2) is 53.0 Å². The Morgan fingerprint density at radius 3 is 2.25 bits per heavy atom. The molecule has 0 spiro atoms. The topological polar surface area (TPSA) is 75.3 Å². The molecule has 0 saturated carbocycles. The first-order valence-corrected chi connectivity index (χ1v) is 7.89. The van der Waals surface area contributed by atoms with E-state index in [0.717, 1.165) is 10.5 Å². The summed E-state index contributed by atoms with van der Waals surface area (Å²) in [6.07, 6.45) is -0.0878. The molecule has 0 atom stereocenters. The molecule has 2 rings (SSSR count). The second-order valence-electron chi connectivity index (χ2n) is 4.91. The van der Waals surface area contributed by atoms with E-state index >= 15 is 0 Å². The fourth-order valence-electron chi connectivity index (χ4n) is 1.91. The Morgan fingerprint density at radius 1 is 0.917 bits per heavy atom. The molecule has 2 aromatic rings. The predicted molar refractivity (Wildman–Crippen MR) is 89.7 cm³/mol. The van der Waals surface area contributed by atoms with Gasteiger partial charge in [0.05, 0.1) is 5.56 Å². The molecule has 0 fully saturated rings. The highest BCUT2D eigenvalue weighted by Crippen LogP contribution is 2.12. The van der Waals surface area contributed by atoms with E-state index in [1.54, 1.807) is 24.3 Å². The first kappa shape index (κ1) is 17.8. The molecule has 2 amide bonds. The number of amides is 2. The van der Waals surface area contributed by atoms with Gasteiger partial charge in [-0.1, -0.05) is 40.2 Å². The molecule has 0 saturated heterocycles. The van der Waals surface area contributed by atoms with Crippen molar-refractivity contribution >= 4 is 33.5 Å². The SMILES string of the molecule is O=C(CCC(=O)c1ccc(Br)cc1)NNC(=O)c1ccccc1F. The Labute approximate surface area is 146 Å². The lowest BCUT2D eigenvalue weighted by Gasteiger charge is -2.08. The van der Waals surface area contributed by atoms with Crippen LogP contribution in [0.1, 0.15) is 33.6 Å².